The molecule has 0 aliphatic rings. The molecular weight excluding hydrogens is 576 g/mol. The van der Waals surface area contributed by atoms with Gasteiger partial charge < -0.3 is 9.52 Å². The number of hydrogen-bond acceptors (Lipinski definition) is 4. The number of fused-ring (bicyclic) bond motifs is 2. The van der Waals surface area contributed by atoms with E-state index in [-0.39, 0.29) is 16.6 Å². The molecule has 1 N–H and O–H groups in total. The fourth-order valence-corrected chi connectivity index (χ4v) is 6.24. The highest BCUT2D eigenvalue weighted by molar-refractivity contribution is 5.99. The Labute approximate surface area is 276 Å². The predicted molar refractivity (Wildman–Crippen MR) is 195 cm³/mol. The molecule has 0 atom stereocenters. The average Bonchev–Trinajstić information content (AvgIpc) is 3.48. The molecule has 234 valence electrons. The number of oxazole rings is 1. The summed E-state index contributed by atoms with van der Waals surface area (Å²) in [5.41, 5.74) is 13.1. The molecule has 0 saturated carbocycles. The van der Waals surface area contributed by atoms with Gasteiger partial charge >= 0.3 is 0 Å². The maximum absolute atomic E-state index is 10.6. The molecule has 0 aliphatic heterocycles. The van der Waals surface area contributed by atoms with Gasteiger partial charge in [-0.3, -0.25) is 4.98 Å². The van der Waals surface area contributed by atoms with Gasteiger partial charge in [-0.25, -0.2) is 4.98 Å². The number of pyridine rings is 1. The number of rotatable bonds is 4. The number of aromatic hydroxyl groups is 1. The van der Waals surface area contributed by atoms with Crippen molar-refractivity contribution >= 4 is 22.0 Å². The van der Waals surface area contributed by atoms with Crippen LogP contribution in [0, 0.1) is 6.92 Å². The second-order valence-electron chi connectivity index (χ2n) is 14.6. The summed E-state index contributed by atoms with van der Waals surface area (Å²) in [6.07, 6.45) is 1.90. The van der Waals surface area contributed by atoms with E-state index in [0.29, 0.717) is 17.0 Å². The molecule has 7 rings (SSSR count). The van der Waals surface area contributed by atoms with Gasteiger partial charge in [-0.2, -0.15) is 0 Å². The van der Waals surface area contributed by atoms with Crippen molar-refractivity contribution in [2.45, 2.75) is 59.3 Å². The molecule has 4 heteroatoms. The van der Waals surface area contributed by atoms with Crippen LogP contribution in [0.1, 0.15) is 58.2 Å². The van der Waals surface area contributed by atoms with E-state index in [1.807, 2.05) is 18.3 Å². The van der Waals surface area contributed by atoms with E-state index in [2.05, 4.69) is 127 Å². The maximum atomic E-state index is 10.6. The lowest BCUT2D eigenvalue weighted by Gasteiger charge is -2.22. The average molecular weight is 617 g/mol. The summed E-state index contributed by atoms with van der Waals surface area (Å²) in [5, 5.41) is 11.8. The van der Waals surface area contributed by atoms with Gasteiger partial charge in [0.25, 0.3) is 0 Å². The first-order chi connectivity index (χ1) is 22.4. The first-order valence-corrected chi connectivity index (χ1v) is 16.2. The van der Waals surface area contributed by atoms with Crippen LogP contribution in [0.2, 0.25) is 0 Å². The van der Waals surface area contributed by atoms with Crippen LogP contribution in [0.25, 0.3) is 66.8 Å². The quantitative estimate of drug-likeness (QED) is 0.214. The minimum absolute atomic E-state index is 0.0218. The van der Waals surface area contributed by atoms with Crippen LogP contribution in [-0.2, 0) is 10.8 Å². The molecule has 47 heavy (non-hydrogen) atoms. The molecule has 4 nitrogen and oxygen atoms in total. The highest BCUT2D eigenvalue weighted by atomic mass is 16.3. The number of benzene rings is 5. The van der Waals surface area contributed by atoms with Gasteiger partial charge in [0.15, 0.2) is 5.58 Å². The van der Waals surface area contributed by atoms with Gasteiger partial charge in [0.2, 0.25) is 5.89 Å². The first-order valence-electron chi connectivity index (χ1n) is 16.2. The first kappa shape index (κ1) is 30.4. The summed E-state index contributed by atoms with van der Waals surface area (Å²) in [6.45, 7) is 15.6. The fourth-order valence-electron chi connectivity index (χ4n) is 6.24. The van der Waals surface area contributed by atoms with Gasteiger partial charge in [-0.15, -0.1) is 0 Å². The molecule has 5 aromatic carbocycles. The summed E-state index contributed by atoms with van der Waals surface area (Å²) in [5.74, 6) is 0.522. The SMILES string of the molecule is Cc1ccnc2c(-c3cccc(-c4cc(-c5ccc(C(C)(C)C)cc5)cc5oc(-c6ccccc6O)nc45)c3)cc(C(C)(C)C)cc12. The molecular formula is C43H40N2O2. The van der Waals surface area contributed by atoms with E-state index in [1.165, 1.54) is 22.1 Å². The van der Waals surface area contributed by atoms with Crippen molar-refractivity contribution in [3.05, 3.63) is 126 Å². The highest BCUT2D eigenvalue weighted by Gasteiger charge is 2.21. The van der Waals surface area contributed by atoms with Gasteiger partial charge in [0.05, 0.1) is 11.1 Å². The lowest BCUT2D eigenvalue weighted by atomic mass is 9.83. The molecule has 2 aromatic heterocycles. The van der Waals surface area contributed by atoms with Gasteiger partial charge in [-0.1, -0.05) is 96.1 Å². The van der Waals surface area contributed by atoms with Crippen LogP contribution in [0.4, 0.5) is 0 Å². The summed E-state index contributed by atoms with van der Waals surface area (Å²) in [6, 6.07) is 35.5. The minimum atomic E-state index is -0.0218. The Hall–Kier alpha value is -5.22. The molecule has 0 bridgehead atoms. The topological polar surface area (TPSA) is 59.2 Å². The predicted octanol–water partition coefficient (Wildman–Crippen LogP) is 11.7. The largest absolute Gasteiger partial charge is 0.507 e. The smallest absolute Gasteiger partial charge is 0.231 e. The second kappa shape index (κ2) is 11.2. The van der Waals surface area contributed by atoms with Crippen LogP contribution in [0.3, 0.4) is 0 Å². The number of phenols is 1. The lowest BCUT2D eigenvalue weighted by molar-refractivity contribution is 0.474. The molecule has 0 amide bonds. The fraction of sp³-hybridized carbons (Fsp3) is 0.209. The molecule has 0 aliphatic carbocycles. The van der Waals surface area contributed by atoms with Crippen molar-refractivity contribution in [2.24, 2.45) is 0 Å². The number of nitrogens with zero attached hydrogens (tertiary/aromatic N) is 2. The number of hydrogen-bond donors (Lipinski definition) is 1. The van der Waals surface area contributed by atoms with Crippen molar-refractivity contribution in [2.75, 3.05) is 0 Å². The maximum Gasteiger partial charge on any atom is 0.231 e. The number of para-hydroxylation sites is 1. The zero-order valence-corrected chi connectivity index (χ0v) is 28.1. The van der Waals surface area contributed by atoms with Crippen molar-refractivity contribution in [1.82, 2.24) is 9.97 Å². The Morgan fingerprint density at radius 2 is 1.26 bits per heavy atom. The van der Waals surface area contributed by atoms with Crippen LogP contribution < -0.4 is 0 Å². The van der Waals surface area contributed by atoms with E-state index in [1.54, 1.807) is 12.1 Å². The Balaban J connectivity index is 1.45. The third-order valence-corrected chi connectivity index (χ3v) is 9.13. The lowest BCUT2D eigenvalue weighted by Crippen LogP contribution is -2.11. The van der Waals surface area contributed by atoms with E-state index in [0.717, 1.165) is 44.4 Å². The number of phenolic OH excluding ortho intramolecular Hbond substituents is 1. The van der Waals surface area contributed by atoms with Crippen molar-refractivity contribution in [3.8, 4) is 50.6 Å². The van der Waals surface area contributed by atoms with Crippen LogP contribution in [0.15, 0.2) is 114 Å². The normalized spacial score (nSPS) is 12.2. The zero-order valence-electron chi connectivity index (χ0n) is 28.1. The third kappa shape index (κ3) is 5.69. The standard InChI is InChI=1S/C43H40N2O2/c1-26-19-20-44-39-34(26)24-32(43(5,6)7)25-36(39)29-12-10-11-28(21-29)35-22-30(27-15-17-31(18-16-27)42(2,3)4)23-38-40(35)45-41(47-38)33-13-8-9-14-37(33)46/h8-25,46H,1-7H3. The van der Waals surface area contributed by atoms with Gasteiger partial charge in [-0.05, 0) is 105 Å². The summed E-state index contributed by atoms with van der Waals surface area (Å²) < 4.78 is 6.39. The van der Waals surface area contributed by atoms with E-state index in [4.69, 9.17) is 14.4 Å². The van der Waals surface area contributed by atoms with Crippen LogP contribution in [0.5, 0.6) is 5.75 Å². The summed E-state index contributed by atoms with van der Waals surface area (Å²) in [4.78, 5) is 9.84. The van der Waals surface area contributed by atoms with Crippen LogP contribution >= 0.6 is 0 Å². The molecule has 0 fully saturated rings. The number of aryl methyl sites for hydroxylation is 1. The third-order valence-electron chi connectivity index (χ3n) is 9.13. The van der Waals surface area contributed by atoms with E-state index in [9.17, 15) is 5.11 Å². The van der Waals surface area contributed by atoms with E-state index < -0.39 is 0 Å². The molecule has 7 aromatic rings. The van der Waals surface area contributed by atoms with Crippen molar-refractivity contribution in [1.29, 1.82) is 0 Å². The van der Waals surface area contributed by atoms with Gasteiger partial charge in [0.1, 0.15) is 11.3 Å². The number of aromatic nitrogens is 2. The van der Waals surface area contributed by atoms with Crippen LogP contribution in [-0.4, -0.2) is 15.1 Å². The Kier molecular flexibility index (Phi) is 7.28. The van der Waals surface area contributed by atoms with Crippen molar-refractivity contribution < 1.29 is 9.52 Å². The molecule has 0 unspecified atom stereocenters. The molecule has 0 radical (unpaired) electrons. The summed E-state index contributed by atoms with van der Waals surface area (Å²) in [7, 11) is 0. The molecule has 0 spiro atoms. The molecule has 0 saturated heterocycles. The van der Waals surface area contributed by atoms with Crippen molar-refractivity contribution in [3.63, 3.8) is 0 Å². The Bertz CT molecular complexity index is 2280. The Morgan fingerprint density at radius 1 is 0.574 bits per heavy atom. The van der Waals surface area contributed by atoms with Gasteiger partial charge in [0, 0.05) is 22.7 Å². The molecule has 2 heterocycles. The summed E-state index contributed by atoms with van der Waals surface area (Å²) >= 11 is 0. The van der Waals surface area contributed by atoms with E-state index >= 15 is 0 Å². The monoisotopic (exact) mass is 616 g/mol. The Morgan fingerprint density at radius 3 is 1.94 bits per heavy atom. The zero-order chi connectivity index (χ0) is 33.1. The second-order valence-corrected chi connectivity index (χ2v) is 14.6. The minimum Gasteiger partial charge on any atom is -0.507 e. The highest BCUT2D eigenvalue weighted by Crippen LogP contribution is 2.41.